The minimum Gasteiger partial charge on any atom is -0.493 e. The van der Waals surface area contributed by atoms with Crippen LogP contribution in [0.15, 0.2) is 18.2 Å². The second kappa shape index (κ2) is 7.00. The van der Waals surface area contributed by atoms with Gasteiger partial charge in [-0.05, 0) is 36.5 Å². The number of alkyl halides is 1. The molecule has 0 spiro atoms. The Morgan fingerprint density at radius 2 is 2.06 bits per heavy atom. The van der Waals surface area contributed by atoms with E-state index in [0.29, 0.717) is 12.5 Å². The molecular weight excluding hydrogens is 283 g/mol. The van der Waals surface area contributed by atoms with Crippen LogP contribution in [-0.4, -0.2) is 11.9 Å². The minimum absolute atomic E-state index is 0.197. The average molecular weight is 303 g/mol. The SMILES string of the molecule is CCCOc1ccc(F)cc1C(C)C(C)CBr. The Labute approximate surface area is 111 Å². The highest BCUT2D eigenvalue weighted by Crippen LogP contribution is 2.33. The van der Waals surface area contributed by atoms with Crippen molar-refractivity contribution in [2.75, 3.05) is 11.9 Å². The molecule has 3 heteroatoms. The largest absolute Gasteiger partial charge is 0.493 e. The van der Waals surface area contributed by atoms with Gasteiger partial charge in [-0.3, -0.25) is 0 Å². The van der Waals surface area contributed by atoms with Crippen molar-refractivity contribution in [1.29, 1.82) is 0 Å². The summed E-state index contributed by atoms with van der Waals surface area (Å²) in [4.78, 5) is 0. The summed E-state index contributed by atoms with van der Waals surface area (Å²) in [6.07, 6.45) is 0.958. The van der Waals surface area contributed by atoms with Crippen LogP contribution in [0.4, 0.5) is 4.39 Å². The third-order valence-corrected chi connectivity index (χ3v) is 4.04. The Balaban J connectivity index is 2.97. The first-order chi connectivity index (χ1) is 8.10. The summed E-state index contributed by atoms with van der Waals surface area (Å²) < 4.78 is 19.0. The van der Waals surface area contributed by atoms with Gasteiger partial charge in [-0.25, -0.2) is 4.39 Å². The Morgan fingerprint density at radius 3 is 2.65 bits per heavy atom. The maximum absolute atomic E-state index is 13.3. The maximum Gasteiger partial charge on any atom is 0.123 e. The van der Waals surface area contributed by atoms with E-state index in [1.165, 1.54) is 6.07 Å². The number of hydrogen-bond donors (Lipinski definition) is 0. The summed E-state index contributed by atoms with van der Waals surface area (Å²) in [5.41, 5.74) is 0.963. The quantitative estimate of drug-likeness (QED) is 0.689. The molecule has 0 aliphatic rings. The van der Waals surface area contributed by atoms with Crippen LogP contribution in [0.2, 0.25) is 0 Å². The van der Waals surface area contributed by atoms with Gasteiger partial charge in [-0.15, -0.1) is 0 Å². The molecule has 0 saturated heterocycles. The molecule has 1 rings (SSSR count). The number of ether oxygens (including phenoxy) is 1. The standard InChI is InChI=1S/C14H20BrFO/c1-4-7-17-14-6-5-12(16)8-13(14)11(3)10(2)9-15/h5-6,8,10-11H,4,7,9H2,1-3H3. The van der Waals surface area contributed by atoms with Gasteiger partial charge < -0.3 is 4.74 Å². The van der Waals surface area contributed by atoms with Crippen LogP contribution in [0.5, 0.6) is 5.75 Å². The van der Waals surface area contributed by atoms with Gasteiger partial charge in [0, 0.05) is 10.9 Å². The summed E-state index contributed by atoms with van der Waals surface area (Å²) in [7, 11) is 0. The van der Waals surface area contributed by atoms with Crippen LogP contribution in [0, 0.1) is 11.7 Å². The van der Waals surface area contributed by atoms with E-state index in [-0.39, 0.29) is 11.7 Å². The van der Waals surface area contributed by atoms with E-state index in [2.05, 4.69) is 36.7 Å². The zero-order valence-corrected chi connectivity index (χ0v) is 12.3. The van der Waals surface area contributed by atoms with E-state index in [4.69, 9.17) is 4.74 Å². The fourth-order valence-corrected chi connectivity index (χ4v) is 2.22. The lowest BCUT2D eigenvalue weighted by Crippen LogP contribution is -2.10. The average Bonchev–Trinajstić information content (AvgIpc) is 2.35. The second-order valence-electron chi connectivity index (χ2n) is 4.45. The zero-order chi connectivity index (χ0) is 12.8. The molecule has 0 saturated carbocycles. The molecule has 0 bridgehead atoms. The first-order valence-electron chi connectivity index (χ1n) is 6.08. The molecule has 0 aliphatic heterocycles. The first kappa shape index (κ1) is 14.5. The summed E-state index contributed by atoms with van der Waals surface area (Å²) >= 11 is 3.47. The molecule has 17 heavy (non-hydrogen) atoms. The fourth-order valence-electron chi connectivity index (χ4n) is 1.66. The van der Waals surface area contributed by atoms with Crippen LogP contribution in [0.25, 0.3) is 0 Å². The highest BCUT2D eigenvalue weighted by atomic mass is 79.9. The van der Waals surface area contributed by atoms with Crippen molar-refractivity contribution in [3.63, 3.8) is 0 Å². The first-order valence-corrected chi connectivity index (χ1v) is 7.20. The third-order valence-electron chi connectivity index (χ3n) is 3.02. The third kappa shape index (κ3) is 3.98. The molecule has 1 aromatic carbocycles. The predicted octanol–water partition coefficient (Wildman–Crippen LogP) is 4.75. The van der Waals surface area contributed by atoms with E-state index < -0.39 is 0 Å². The molecule has 2 atom stereocenters. The molecule has 0 N–H and O–H groups in total. The van der Waals surface area contributed by atoms with Gasteiger partial charge >= 0.3 is 0 Å². The molecule has 96 valence electrons. The molecule has 0 amide bonds. The van der Waals surface area contributed by atoms with E-state index in [1.807, 2.05) is 0 Å². The maximum atomic E-state index is 13.3. The van der Waals surface area contributed by atoms with E-state index in [1.54, 1.807) is 12.1 Å². The minimum atomic E-state index is -0.197. The molecule has 0 fully saturated rings. The molecular formula is C14H20BrFO. The molecule has 0 aromatic heterocycles. The highest BCUT2D eigenvalue weighted by Gasteiger charge is 2.18. The van der Waals surface area contributed by atoms with Crippen molar-refractivity contribution in [3.05, 3.63) is 29.6 Å². The molecule has 0 aliphatic carbocycles. The van der Waals surface area contributed by atoms with Crippen molar-refractivity contribution < 1.29 is 9.13 Å². The zero-order valence-electron chi connectivity index (χ0n) is 10.7. The lowest BCUT2D eigenvalue weighted by Gasteiger charge is -2.21. The Bertz CT molecular complexity index is 354. The van der Waals surface area contributed by atoms with Crippen LogP contribution >= 0.6 is 15.9 Å². The predicted molar refractivity (Wildman–Crippen MR) is 73.6 cm³/mol. The summed E-state index contributed by atoms with van der Waals surface area (Å²) in [5.74, 6) is 1.34. The summed E-state index contributed by atoms with van der Waals surface area (Å²) in [6.45, 7) is 7.00. The highest BCUT2D eigenvalue weighted by molar-refractivity contribution is 9.09. The molecule has 1 aromatic rings. The van der Waals surface area contributed by atoms with Crippen molar-refractivity contribution in [1.82, 2.24) is 0 Å². The van der Waals surface area contributed by atoms with Gasteiger partial charge in [0.2, 0.25) is 0 Å². The van der Waals surface area contributed by atoms with Gasteiger partial charge in [0.1, 0.15) is 11.6 Å². The lowest BCUT2D eigenvalue weighted by molar-refractivity contribution is 0.309. The van der Waals surface area contributed by atoms with Crippen molar-refractivity contribution in [2.45, 2.75) is 33.1 Å². The Hall–Kier alpha value is -0.570. The van der Waals surface area contributed by atoms with Crippen LogP contribution < -0.4 is 4.74 Å². The van der Waals surface area contributed by atoms with E-state index in [0.717, 1.165) is 23.1 Å². The Kier molecular flexibility index (Phi) is 5.96. The van der Waals surface area contributed by atoms with Crippen molar-refractivity contribution in [2.24, 2.45) is 5.92 Å². The second-order valence-corrected chi connectivity index (χ2v) is 5.10. The molecule has 0 heterocycles. The summed E-state index contributed by atoms with van der Waals surface area (Å²) in [5, 5.41) is 0.901. The Morgan fingerprint density at radius 1 is 1.35 bits per heavy atom. The van der Waals surface area contributed by atoms with Crippen molar-refractivity contribution >= 4 is 15.9 Å². The number of hydrogen-bond acceptors (Lipinski definition) is 1. The van der Waals surface area contributed by atoms with Crippen LogP contribution in [0.3, 0.4) is 0 Å². The van der Waals surface area contributed by atoms with Gasteiger partial charge in [0.15, 0.2) is 0 Å². The molecule has 0 radical (unpaired) electrons. The normalized spacial score (nSPS) is 14.4. The molecule has 2 unspecified atom stereocenters. The smallest absolute Gasteiger partial charge is 0.123 e. The van der Waals surface area contributed by atoms with Crippen molar-refractivity contribution in [3.8, 4) is 5.75 Å². The summed E-state index contributed by atoms with van der Waals surface area (Å²) in [6, 6.07) is 4.78. The van der Waals surface area contributed by atoms with E-state index in [9.17, 15) is 4.39 Å². The van der Waals surface area contributed by atoms with Gasteiger partial charge in [-0.1, -0.05) is 36.7 Å². The van der Waals surface area contributed by atoms with Gasteiger partial charge in [0.05, 0.1) is 6.61 Å². The monoisotopic (exact) mass is 302 g/mol. The lowest BCUT2D eigenvalue weighted by atomic mass is 9.89. The number of benzene rings is 1. The fraction of sp³-hybridized carbons (Fsp3) is 0.571. The topological polar surface area (TPSA) is 9.23 Å². The van der Waals surface area contributed by atoms with Gasteiger partial charge in [-0.2, -0.15) is 0 Å². The molecule has 1 nitrogen and oxygen atoms in total. The van der Waals surface area contributed by atoms with Gasteiger partial charge in [0.25, 0.3) is 0 Å². The number of halogens is 2. The van der Waals surface area contributed by atoms with Crippen LogP contribution in [0.1, 0.15) is 38.7 Å². The number of rotatable bonds is 6. The van der Waals surface area contributed by atoms with E-state index >= 15 is 0 Å². The van der Waals surface area contributed by atoms with Crippen LogP contribution in [-0.2, 0) is 0 Å².